The smallest absolute Gasteiger partial charge is 0.338 e. The van der Waals surface area contributed by atoms with Crippen LogP contribution < -0.4 is 0 Å². The third-order valence-corrected chi connectivity index (χ3v) is 7.05. The first-order valence-electron chi connectivity index (χ1n) is 9.91. The largest absolute Gasteiger partial charge is 0.449 e. The Kier molecular flexibility index (Phi) is 8.00. The summed E-state index contributed by atoms with van der Waals surface area (Å²) in [4.78, 5) is 26.8. The minimum absolute atomic E-state index is 0.126. The molecule has 1 heterocycles. The Labute approximate surface area is 167 Å². The van der Waals surface area contributed by atoms with Gasteiger partial charge in [-0.3, -0.25) is 4.79 Å². The molecule has 1 amide bonds. The van der Waals surface area contributed by atoms with Gasteiger partial charge in [0.2, 0.25) is 10.0 Å². The highest BCUT2D eigenvalue weighted by Gasteiger charge is 2.26. The molecule has 2 rings (SSSR count). The summed E-state index contributed by atoms with van der Waals surface area (Å²) >= 11 is 0. The highest BCUT2D eigenvalue weighted by molar-refractivity contribution is 7.89. The third kappa shape index (κ3) is 5.32. The van der Waals surface area contributed by atoms with E-state index in [2.05, 4.69) is 0 Å². The van der Waals surface area contributed by atoms with Gasteiger partial charge >= 0.3 is 5.97 Å². The Hall–Kier alpha value is -1.93. The number of ether oxygens (including phenoxy) is 1. The van der Waals surface area contributed by atoms with E-state index in [0.29, 0.717) is 26.2 Å². The van der Waals surface area contributed by atoms with Gasteiger partial charge in [0.05, 0.1) is 10.5 Å². The topological polar surface area (TPSA) is 84.0 Å². The summed E-state index contributed by atoms with van der Waals surface area (Å²) in [6, 6.07) is 5.63. The van der Waals surface area contributed by atoms with E-state index in [1.54, 1.807) is 25.7 Å². The number of sulfonamides is 1. The van der Waals surface area contributed by atoms with Crippen LogP contribution in [0.15, 0.2) is 29.2 Å². The minimum atomic E-state index is -3.58. The Bertz CT molecular complexity index is 764. The second-order valence-electron chi connectivity index (χ2n) is 6.90. The predicted molar refractivity (Wildman–Crippen MR) is 106 cm³/mol. The van der Waals surface area contributed by atoms with Crippen LogP contribution in [0.3, 0.4) is 0 Å². The van der Waals surface area contributed by atoms with Gasteiger partial charge in [-0.25, -0.2) is 13.2 Å². The number of nitrogens with zero attached hydrogens (tertiary/aromatic N) is 2. The second-order valence-corrected chi connectivity index (χ2v) is 8.84. The van der Waals surface area contributed by atoms with Crippen molar-refractivity contribution in [2.75, 3.05) is 26.2 Å². The maximum absolute atomic E-state index is 12.5. The van der Waals surface area contributed by atoms with E-state index in [0.717, 1.165) is 25.7 Å². The summed E-state index contributed by atoms with van der Waals surface area (Å²) in [6.07, 6.45) is 3.29. The summed E-state index contributed by atoms with van der Waals surface area (Å²) in [7, 11) is -3.58. The summed E-state index contributed by atoms with van der Waals surface area (Å²) in [5.41, 5.74) is 0.217. The number of carbonyl (C=O) groups is 2. The lowest BCUT2D eigenvalue weighted by molar-refractivity contribution is -0.139. The van der Waals surface area contributed by atoms with E-state index >= 15 is 0 Å². The van der Waals surface area contributed by atoms with E-state index in [9.17, 15) is 18.0 Å². The number of hydrogen-bond acceptors (Lipinski definition) is 5. The summed E-state index contributed by atoms with van der Waals surface area (Å²) in [5, 5.41) is 0. The number of benzene rings is 1. The molecule has 0 spiro atoms. The number of amides is 1. The van der Waals surface area contributed by atoms with Crippen molar-refractivity contribution in [3.8, 4) is 0 Å². The third-order valence-electron chi connectivity index (χ3n) is 4.98. The SMILES string of the molecule is CCN(CC)S(=O)(=O)c1ccc(C(=O)OC(C)C(=O)N2CCCCCC2)cc1. The minimum Gasteiger partial charge on any atom is -0.449 e. The van der Waals surface area contributed by atoms with Crippen LogP contribution in [0.1, 0.15) is 56.8 Å². The fourth-order valence-electron chi connectivity index (χ4n) is 3.30. The molecule has 0 N–H and O–H groups in total. The zero-order valence-corrected chi connectivity index (χ0v) is 17.7. The molecule has 0 radical (unpaired) electrons. The number of esters is 1. The Morgan fingerprint density at radius 3 is 2.07 bits per heavy atom. The lowest BCUT2D eigenvalue weighted by Crippen LogP contribution is -2.40. The van der Waals surface area contributed by atoms with Gasteiger partial charge in [0.15, 0.2) is 6.10 Å². The molecule has 28 heavy (non-hydrogen) atoms. The maximum Gasteiger partial charge on any atom is 0.338 e. The molecule has 0 saturated carbocycles. The molecular formula is C20H30N2O5S. The van der Waals surface area contributed by atoms with Crippen molar-refractivity contribution in [1.82, 2.24) is 9.21 Å². The van der Waals surface area contributed by atoms with Crippen molar-refractivity contribution >= 4 is 21.9 Å². The normalized spacial score (nSPS) is 16.5. The number of likely N-dealkylation sites (tertiary alicyclic amines) is 1. The molecule has 1 aliphatic rings. The van der Waals surface area contributed by atoms with Crippen LogP contribution in [0.25, 0.3) is 0 Å². The van der Waals surface area contributed by atoms with E-state index in [4.69, 9.17) is 4.74 Å². The van der Waals surface area contributed by atoms with E-state index < -0.39 is 22.1 Å². The first-order valence-corrected chi connectivity index (χ1v) is 11.3. The molecule has 0 aromatic heterocycles. The van der Waals surface area contributed by atoms with Crippen molar-refractivity contribution in [1.29, 1.82) is 0 Å². The summed E-state index contributed by atoms with van der Waals surface area (Å²) in [5.74, 6) is -0.821. The number of carbonyl (C=O) groups excluding carboxylic acids is 2. The molecule has 0 aliphatic carbocycles. The molecule has 156 valence electrons. The lowest BCUT2D eigenvalue weighted by Gasteiger charge is -2.24. The first kappa shape index (κ1) is 22.4. The molecular weight excluding hydrogens is 380 g/mol. The fourth-order valence-corrected chi connectivity index (χ4v) is 4.76. The zero-order valence-electron chi connectivity index (χ0n) is 16.9. The maximum atomic E-state index is 12.5. The van der Waals surface area contributed by atoms with Crippen molar-refractivity contribution in [3.63, 3.8) is 0 Å². The van der Waals surface area contributed by atoms with E-state index in [1.165, 1.54) is 28.6 Å². The molecule has 1 atom stereocenters. The average molecular weight is 411 g/mol. The molecule has 1 aliphatic heterocycles. The molecule has 8 heteroatoms. The van der Waals surface area contributed by atoms with Crippen LogP contribution in [0.5, 0.6) is 0 Å². The molecule has 1 aromatic carbocycles. The van der Waals surface area contributed by atoms with E-state index in [-0.39, 0.29) is 16.4 Å². The van der Waals surface area contributed by atoms with Crippen LogP contribution in [0, 0.1) is 0 Å². The van der Waals surface area contributed by atoms with Crippen molar-refractivity contribution in [2.45, 2.75) is 57.5 Å². The predicted octanol–water partition coefficient (Wildman–Crippen LogP) is 2.67. The van der Waals surface area contributed by atoms with Gasteiger partial charge in [-0.2, -0.15) is 4.31 Å². The molecule has 1 fully saturated rings. The van der Waals surface area contributed by atoms with Crippen molar-refractivity contribution < 1.29 is 22.7 Å². The Balaban J connectivity index is 2.03. The quantitative estimate of drug-likeness (QED) is 0.645. The molecule has 1 unspecified atom stereocenters. The molecule has 0 bridgehead atoms. The van der Waals surface area contributed by atoms with Gasteiger partial charge in [0.25, 0.3) is 5.91 Å². The van der Waals surface area contributed by atoms with Gasteiger partial charge in [-0.15, -0.1) is 0 Å². The average Bonchev–Trinajstić information content (AvgIpc) is 2.97. The van der Waals surface area contributed by atoms with Gasteiger partial charge in [0.1, 0.15) is 0 Å². The first-order chi connectivity index (χ1) is 13.3. The van der Waals surface area contributed by atoms with Crippen LogP contribution in [0.4, 0.5) is 0 Å². The standard InChI is InChI=1S/C20H30N2O5S/c1-4-22(5-2)28(25,26)18-12-10-17(11-13-18)20(24)27-16(3)19(23)21-14-8-6-7-9-15-21/h10-13,16H,4-9,14-15H2,1-3H3. The van der Waals surface area contributed by atoms with Crippen LogP contribution >= 0.6 is 0 Å². The number of rotatable bonds is 7. The van der Waals surface area contributed by atoms with Gasteiger partial charge in [-0.1, -0.05) is 26.7 Å². The highest BCUT2D eigenvalue weighted by atomic mass is 32.2. The Morgan fingerprint density at radius 2 is 1.57 bits per heavy atom. The second kappa shape index (κ2) is 10.0. The fraction of sp³-hybridized carbons (Fsp3) is 0.600. The van der Waals surface area contributed by atoms with Crippen LogP contribution in [0.2, 0.25) is 0 Å². The highest BCUT2D eigenvalue weighted by Crippen LogP contribution is 2.17. The monoisotopic (exact) mass is 410 g/mol. The van der Waals surface area contributed by atoms with E-state index in [1.807, 2.05) is 0 Å². The summed E-state index contributed by atoms with van der Waals surface area (Å²) in [6.45, 7) is 7.25. The molecule has 1 aromatic rings. The lowest BCUT2D eigenvalue weighted by atomic mass is 10.2. The van der Waals surface area contributed by atoms with Gasteiger partial charge in [-0.05, 0) is 44.0 Å². The molecule has 1 saturated heterocycles. The number of hydrogen-bond donors (Lipinski definition) is 0. The Morgan fingerprint density at radius 1 is 1.04 bits per heavy atom. The van der Waals surface area contributed by atoms with Crippen LogP contribution in [-0.4, -0.2) is 61.8 Å². The van der Waals surface area contributed by atoms with Crippen molar-refractivity contribution in [3.05, 3.63) is 29.8 Å². The van der Waals surface area contributed by atoms with Crippen molar-refractivity contribution in [2.24, 2.45) is 0 Å². The van der Waals surface area contributed by atoms with Gasteiger partial charge in [0, 0.05) is 26.2 Å². The van der Waals surface area contributed by atoms with Crippen LogP contribution in [-0.2, 0) is 19.6 Å². The molecule has 7 nitrogen and oxygen atoms in total. The zero-order chi connectivity index (χ0) is 20.7. The summed E-state index contributed by atoms with van der Waals surface area (Å²) < 4.78 is 31.7. The van der Waals surface area contributed by atoms with Gasteiger partial charge < -0.3 is 9.64 Å².